The number of benzene rings is 1. The van der Waals surface area contributed by atoms with Crippen LogP contribution in [0.5, 0.6) is 5.88 Å². The molecular weight excluding hydrogens is 753 g/mol. The van der Waals surface area contributed by atoms with Crippen LogP contribution in [0.2, 0.25) is 0 Å². The molecule has 4 aromatic heterocycles. The molecule has 0 radical (unpaired) electrons. The van der Waals surface area contributed by atoms with Crippen molar-refractivity contribution in [1.82, 2.24) is 39.6 Å². The van der Waals surface area contributed by atoms with Crippen LogP contribution in [-0.4, -0.2) is 102 Å². The summed E-state index contributed by atoms with van der Waals surface area (Å²) in [5, 5.41) is 11.0. The molecule has 10 rings (SSSR count). The van der Waals surface area contributed by atoms with Crippen molar-refractivity contribution in [2.75, 3.05) is 36.0 Å². The number of nitrogens with one attached hydrogen (secondary N) is 2. The maximum absolute atomic E-state index is 13.2. The largest absolute Gasteiger partial charge is 0.471 e. The van der Waals surface area contributed by atoms with Crippen molar-refractivity contribution in [3.63, 3.8) is 0 Å². The summed E-state index contributed by atoms with van der Waals surface area (Å²) in [6.45, 7) is 5.61. The third kappa shape index (κ3) is 7.68. The van der Waals surface area contributed by atoms with Gasteiger partial charge in [0.15, 0.2) is 0 Å². The van der Waals surface area contributed by atoms with Gasteiger partial charge in [-0.15, -0.1) is 0 Å². The molecule has 5 aliphatic rings. The second-order valence-corrected chi connectivity index (χ2v) is 17.3. The maximum atomic E-state index is 13.2. The Morgan fingerprint density at radius 3 is 2.12 bits per heavy atom. The molecule has 3 aliphatic heterocycles. The van der Waals surface area contributed by atoms with Crippen LogP contribution in [0.4, 0.5) is 11.5 Å². The summed E-state index contributed by atoms with van der Waals surface area (Å²) < 4.78 is 22.6. The van der Waals surface area contributed by atoms with Crippen LogP contribution < -0.4 is 25.5 Å². The first-order valence-corrected chi connectivity index (χ1v) is 21.4. The van der Waals surface area contributed by atoms with Crippen molar-refractivity contribution in [3.8, 4) is 17.3 Å². The average Bonchev–Trinajstić information content (AvgIpc) is 3.73. The minimum absolute atomic E-state index is 0.109. The van der Waals surface area contributed by atoms with E-state index in [-0.39, 0.29) is 48.0 Å². The highest BCUT2D eigenvalue weighted by molar-refractivity contribution is 6.00. The topological polar surface area (TPSA) is 175 Å². The molecule has 16 nitrogen and oxygen atoms in total. The van der Waals surface area contributed by atoms with Gasteiger partial charge in [0, 0.05) is 62.9 Å². The molecule has 59 heavy (non-hydrogen) atoms. The summed E-state index contributed by atoms with van der Waals surface area (Å²) in [6.07, 6.45) is 14.9. The fourth-order valence-electron chi connectivity index (χ4n) is 9.43. The van der Waals surface area contributed by atoms with Crippen molar-refractivity contribution in [2.45, 2.75) is 120 Å². The number of aromatic nitrogens is 7. The second kappa shape index (κ2) is 15.4. The number of aromatic amines is 1. The molecule has 0 spiro atoms. The Hall–Kier alpha value is -5.35. The van der Waals surface area contributed by atoms with Crippen LogP contribution in [-0.2, 0) is 26.1 Å². The molecule has 2 aliphatic carbocycles. The molecule has 2 saturated carbocycles. The molecule has 2 N–H and O–H groups in total. The van der Waals surface area contributed by atoms with E-state index in [1.807, 2.05) is 30.3 Å². The second-order valence-electron chi connectivity index (χ2n) is 17.3. The summed E-state index contributed by atoms with van der Waals surface area (Å²) in [5.74, 6) is 0.800. The molecule has 16 heteroatoms. The first-order valence-electron chi connectivity index (χ1n) is 21.4. The Balaban J connectivity index is 0.677. The predicted octanol–water partition coefficient (Wildman–Crippen LogP) is 4.96. The van der Waals surface area contributed by atoms with Gasteiger partial charge in [0.05, 0.1) is 52.9 Å². The van der Waals surface area contributed by atoms with Gasteiger partial charge in [0.25, 0.3) is 0 Å². The number of nitrogens with zero attached hydrogens (tertiary/aromatic N) is 8. The number of rotatable bonds is 10. The fourth-order valence-corrected chi connectivity index (χ4v) is 9.43. The fraction of sp³-hybridized carbons (Fsp3) is 0.558. The molecule has 1 atom stereocenters. The minimum Gasteiger partial charge on any atom is -0.471 e. The highest BCUT2D eigenvalue weighted by Crippen LogP contribution is 2.40. The van der Waals surface area contributed by atoms with E-state index in [1.165, 1.54) is 4.57 Å². The smallest absolute Gasteiger partial charge is 0.329 e. The Kier molecular flexibility index (Phi) is 9.86. The third-order valence-corrected chi connectivity index (χ3v) is 13.2. The molecule has 0 bridgehead atoms. The van der Waals surface area contributed by atoms with Crippen molar-refractivity contribution in [3.05, 3.63) is 53.3 Å². The van der Waals surface area contributed by atoms with Crippen LogP contribution in [0.1, 0.15) is 90.0 Å². The van der Waals surface area contributed by atoms with E-state index in [0.717, 1.165) is 130 Å². The van der Waals surface area contributed by atoms with Crippen molar-refractivity contribution >= 4 is 45.3 Å². The van der Waals surface area contributed by atoms with Crippen LogP contribution in [0.25, 0.3) is 33.3 Å². The molecular formula is C43H52N10O6. The van der Waals surface area contributed by atoms with Gasteiger partial charge in [-0.1, -0.05) is 0 Å². The molecule has 7 heterocycles. The lowest BCUT2D eigenvalue weighted by molar-refractivity contribution is -0.135. The Labute approximate surface area is 341 Å². The predicted molar refractivity (Wildman–Crippen MR) is 220 cm³/mol. The zero-order valence-electron chi connectivity index (χ0n) is 33.8. The van der Waals surface area contributed by atoms with Gasteiger partial charge in [0.1, 0.15) is 29.5 Å². The summed E-state index contributed by atoms with van der Waals surface area (Å²) in [6, 6.07) is 9.30. The number of hydrogen-bond acceptors (Lipinski definition) is 12. The standard InChI is InChI=1S/C43H52N10O6/c1-43(15-16-43)59-39-22-31-33(24-44-39)48-49-40(31)32-23-37(46-25-45-32)52-19-13-30(14-20-52)58-28-6-4-27(5-7-28)57-29-11-17-51(18-12-29)26-3-8-34-36(21-26)50(2)42(56)53(34)35-9-10-38(54)47-41(35)55/h3,8,21-25,27-30,35H,4-7,9-20H2,1-2H3,(H,48,49)(H,47,54,55). The lowest BCUT2D eigenvalue weighted by Crippen LogP contribution is -2.44. The van der Waals surface area contributed by atoms with E-state index in [0.29, 0.717) is 17.8 Å². The molecule has 2 amide bonds. The molecule has 5 fully saturated rings. The van der Waals surface area contributed by atoms with E-state index in [2.05, 4.69) is 47.2 Å². The Morgan fingerprint density at radius 1 is 0.763 bits per heavy atom. The van der Waals surface area contributed by atoms with Crippen molar-refractivity contribution in [1.29, 1.82) is 0 Å². The third-order valence-electron chi connectivity index (χ3n) is 13.2. The van der Waals surface area contributed by atoms with Crippen molar-refractivity contribution in [2.24, 2.45) is 7.05 Å². The number of fused-ring (bicyclic) bond motifs is 2. The quantitative estimate of drug-likeness (QED) is 0.182. The number of aryl methyl sites for hydroxylation is 1. The van der Waals surface area contributed by atoms with Gasteiger partial charge in [-0.25, -0.2) is 19.7 Å². The Morgan fingerprint density at radius 2 is 1.44 bits per heavy atom. The Bertz CT molecular complexity index is 2430. The molecule has 1 aromatic carbocycles. The monoisotopic (exact) mass is 804 g/mol. The molecule has 310 valence electrons. The highest BCUT2D eigenvalue weighted by Gasteiger charge is 2.40. The lowest BCUT2D eigenvalue weighted by atomic mass is 9.93. The van der Waals surface area contributed by atoms with Gasteiger partial charge in [-0.05, 0) is 95.8 Å². The number of imidazole rings is 1. The number of piperidine rings is 3. The average molecular weight is 805 g/mol. The molecule has 1 unspecified atom stereocenters. The van der Waals surface area contributed by atoms with E-state index < -0.39 is 11.9 Å². The van der Waals surface area contributed by atoms with Gasteiger partial charge in [-0.2, -0.15) is 5.10 Å². The number of hydrogen-bond donors (Lipinski definition) is 2. The van der Waals surface area contributed by atoms with E-state index >= 15 is 0 Å². The number of amides is 2. The van der Waals surface area contributed by atoms with Crippen LogP contribution >= 0.6 is 0 Å². The van der Waals surface area contributed by atoms with Gasteiger partial charge in [0.2, 0.25) is 17.7 Å². The number of ether oxygens (including phenoxy) is 3. The first kappa shape index (κ1) is 37.9. The number of imide groups is 1. The number of anilines is 2. The summed E-state index contributed by atoms with van der Waals surface area (Å²) in [7, 11) is 1.74. The zero-order valence-corrected chi connectivity index (χ0v) is 33.8. The van der Waals surface area contributed by atoms with E-state index in [9.17, 15) is 14.4 Å². The molecule has 5 aromatic rings. The van der Waals surface area contributed by atoms with Gasteiger partial charge >= 0.3 is 5.69 Å². The van der Waals surface area contributed by atoms with Crippen LogP contribution in [0, 0.1) is 0 Å². The van der Waals surface area contributed by atoms with Gasteiger partial charge in [-0.3, -0.25) is 29.1 Å². The van der Waals surface area contributed by atoms with E-state index in [4.69, 9.17) is 14.2 Å². The molecule has 3 saturated heterocycles. The first-order chi connectivity index (χ1) is 28.7. The van der Waals surface area contributed by atoms with Crippen molar-refractivity contribution < 1.29 is 23.8 Å². The summed E-state index contributed by atoms with van der Waals surface area (Å²) in [4.78, 5) is 55.9. The summed E-state index contributed by atoms with van der Waals surface area (Å²) in [5.41, 5.74) is 4.57. The highest BCUT2D eigenvalue weighted by atomic mass is 16.5. The van der Waals surface area contributed by atoms with Crippen LogP contribution in [0.3, 0.4) is 0 Å². The number of pyridine rings is 1. The minimum atomic E-state index is -0.686. The SMILES string of the molecule is Cn1c(=O)n(C2CCC(=O)NC2=O)c2ccc(N3CCC(OC4CCC(OC5CCN(c6cc(-c7n[nH]c8cnc(OC9(C)CC9)cc78)ncn6)CC5)CC4)CC3)cc21. The van der Waals surface area contributed by atoms with Gasteiger partial charge < -0.3 is 24.0 Å². The number of H-pyrrole nitrogens is 1. The van der Waals surface area contributed by atoms with E-state index in [1.54, 1.807) is 24.1 Å². The lowest BCUT2D eigenvalue weighted by Gasteiger charge is -2.38. The maximum Gasteiger partial charge on any atom is 0.329 e. The zero-order chi connectivity index (χ0) is 40.3. The number of carbonyl (C=O) groups excluding carboxylic acids is 2. The van der Waals surface area contributed by atoms with Crippen LogP contribution in [0.15, 0.2) is 47.7 Å². The summed E-state index contributed by atoms with van der Waals surface area (Å²) >= 11 is 0. The number of carbonyl (C=O) groups is 2. The normalized spacial score (nSPS) is 24.2.